The number of furan rings is 1. The van der Waals surface area contributed by atoms with Crippen molar-refractivity contribution in [1.82, 2.24) is 15.5 Å². The first-order valence-electron chi connectivity index (χ1n) is 7.13. The molecule has 0 atom stereocenters. The van der Waals surface area contributed by atoms with Crippen LogP contribution in [0.15, 0.2) is 51.6 Å². The van der Waals surface area contributed by atoms with Crippen LogP contribution in [0.5, 0.6) is 0 Å². The fraction of sp³-hybridized carbons (Fsp3) is 0.133. The van der Waals surface area contributed by atoms with Gasteiger partial charge in [0.15, 0.2) is 5.76 Å². The van der Waals surface area contributed by atoms with Crippen LogP contribution < -0.4 is 10.0 Å². The zero-order valence-corrected chi connectivity index (χ0v) is 13.9. The van der Waals surface area contributed by atoms with E-state index in [1.165, 1.54) is 6.26 Å². The van der Waals surface area contributed by atoms with Crippen LogP contribution in [0.4, 0.5) is 5.69 Å². The number of sulfonamides is 1. The van der Waals surface area contributed by atoms with E-state index in [0.29, 0.717) is 17.1 Å². The minimum atomic E-state index is -3.33. The van der Waals surface area contributed by atoms with E-state index in [4.69, 9.17) is 8.94 Å². The van der Waals surface area contributed by atoms with Crippen LogP contribution in [0.2, 0.25) is 0 Å². The summed E-state index contributed by atoms with van der Waals surface area (Å²) in [7, 11) is -3.33. The quantitative estimate of drug-likeness (QED) is 0.682. The van der Waals surface area contributed by atoms with Gasteiger partial charge in [0.2, 0.25) is 21.7 Å². The van der Waals surface area contributed by atoms with Gasteiger partial charge in [-0.05, 0) is 36.4 Å². The van der Waals surface area contributed by atoms with E-state index in [9.17, 15) is 13.2 Å². The molecule has 0 saturated heterocycles. The average molecular weight is 362 g/mol. The number of nitrogens with zero attached hydrogens (tertiary/aromatic N) is 2. The lowest BCUT2D eigenvalue weighted by Gasteiger charge is -2.03. The lowest BCUT2D eigenvalue weighted by Crippen LogP contribution is -2.22. The van der Waals surface area contributed by atoms with Crippen molar-refractivity contribution in [2.24, 2.45) is 0 Å². The van der Waals surface area contributed by atoms with Gasteiger partial charge in [-0.1, -0.05) is 5.16 Å². The first-order chi connectivity index (χ1) is 11.9. The fourth-order valence-corrected chi connectivity index (χ4v) is 2.56. The zero-order chi connectivity index (χ0) is 17.9. The van der Waals surface area contributed by atoms with Crippen molar-refractivity contribution in [2.75, 3.05) is 11.0 Å². The molecule has 1 amide bonds. The number of nitrogens with one attached hydrogen (secondary N) is 2. The predicted molar refractivity (Wildman–Crippen MR) is 88.1 cm³/mol. The molecule has 0 spiro atoms. The number of carbonyl (C=O) groups excluding carboxylic acids is 1. The number of hydrogen-bond acceptors (Lipinski definition) is 7. The Morgan fingerprint density at radius 3 is 2.60 bits per heavy atom. The molecule has 10 heteroatoms. The first kappa shape index (κ1) is 16.7. The Kier molecular flexibility index (Phi) is 4.52. The lowest BCUT2D eigenvalue weighted by atomic mass is 10.2. The number of rotatable bonds is 6. The van der Waals surface area contributed by atoms with Gasteiger partial charge in [-0.15, -0.1) is 0 Å². The van der Waals surface area contributed by atoms with E-state index in [2.05, 4.69) is 20.2 Å². The Morgan fingerprint density at radius 1 is 1.20 bits per heavy atom. The number of aromatic nitrogens is 2. The minimum Gasteiger partial charge on any atom is -0.459 e. The van der Waals surface area contributed by atoms with Gasteiger partial charge in [-0.2, -0.15) is 4.98 Å². The van der Waals surface area contributed by atoms with Gasteiger partial charge >= 0.3 is 0 Å². The summed E-state index contributed by atoms with van der Waals surface area (Å²) in [5.41, 5.74) is 1.08. The van der Waals surface area contributed by atoms with Gasteiger partial charge < -0.3 is 14.3 Å². The van der Waals surface area contributed by atoms with Crippen molar-refractivity contribution in [3.63, 3.8) is 0 Å². The van der Waals surface area contributed by atoms with E-state index in [1.54, 1.807) is 36.4 Å². The molecule has 9 nitrogen and oxygen atoms in total. The molecule has 0 aliphatic rings. The van der Waals surface area contributed by atoms with Crippen LogP contribution in [-0.4, -0.2) is 30.7 Å². The summed E-state index contributed by atoms with van der Waals surface area (Å²) in [6.45, 7) is 0.0558. The van der Waals surface area contributed by atoms with E-state index in [1.807, 2.05) is 0 Å². The van der Waals surface area contributed by atoms with E-state index in [0.717, 1.165) is 6.26 Å². The molecule has 0 aliphatic heterocycles. The molecule has 130 valence electrons. The Labute approximate surface area is 143 Å². The predicted octanol–water partition coefficient (Wildman–Crippen LogP) is 1.63. The third kappa shape index (κ3) is 4.44. The van der Waals surface area contributed by atoms with E-state index < -0.39 is 10.0 Å². The van der Waals surface area contributed by atoms with E-state index >= 15 is 0 Å². The SMILES string of the molecule is CS(=O)(=O)Nc1ccc(-c2noc(CNC(=O)c3ccco3)n2)cc1. The molecule has 1 aromatic carbocycles. The van der Waals surface area contributed by atoms with Crippen molar-refractivity contribution < 1.29 is 22.2 Å². The third-order valence-corrected chi connectivity index (χ3v) is 3.67. The molecular formula is C15H14N4O5S. The molecule has 0 saturated carbocycles. The van der Waals surface area contributed by atoms with Crippen molar-refractivity contribution in [1.29, 1.82) is 0 Å². The second kappa shape index (κ2) is 6.77. The summed E-state index contributed by atoms with van der Waals surface area (Å²) in [5, 5.41) is 6.43. The highest BCUT2D eigenvalue weighted by Crippen LogP contribution is 2.19. The maximum absolute atomic E-state index is 11.8. The molecule has 2 N–H and O–H groups in total. The Balaban J connectivity index is 1.64. The van der Waals surface area contributed by atoms with Crippen LogP contribution >= 0.6 is 0 Å². The Morgan fingerprint density at radius 2 is 1.96 bits per heavy atom. The van der Waals surface area contributed by atoms with Crippen LogP contribution in [0, 0.1) is 0 Å². The molecule has 3 rings (SSSR count). The second-order valence-corrected chi connectivity index (χ2v) is 6.87. The Bertz CT molecular complexity index is 962. The molecule has 25 heavy (non-hydrogen) atoms. The minimum absolute atomic E-state index is 0.0558. The summed E-state index contributed by atoms with van der Waals surface area (Å²) in [5.74, 6) is 0.357. The lowest BCUT2D eigenvalue weighted by molar-refractivity contribution is 0.0918. The summed E-state index contributed by atoms with van der Waals surface area (Å²) in [6.07, 6.45) is 2.48. The summed E-state index contributed by atoms with van der Waals surface area (Å²) in [6, 6.07) is 9.64. The number of amides is 1. The molecule has 0 radical (unpaired) electrons. The van der Waals surface area contributed by atoms with Crippen LogP contribution in [0.1, 0.15) is 16.4 Å². The van der Waals surface area contributed by atoms with Gasteiger partial charge in [0.05, 0.1) is 19.1 Å². The largest absolute Gasteiger partial charge is 0.459 e. The van der Waals surface area contributed by atoms with Crippen molar-refractivity contribution in [3.8, 4) is 11.4 Å². The van der Waals surface area contributed by atoms with Crippen molar-refractivity contribution in [3.05, 3.63) is 54.3 Å². The summed E-state index contributed by atoms with van der Waals surface area (Å²) < 4.78 is 34.8. The van der Waals surface area contributed by atoms with Gasteiger partial charge in [0.1, 0.15) is 0 Å². The highest BCUT2D eigenvalue weighted by molar-refractivity contribution is 7.92. The van der Waals surface area contributed by atoms with Crippen LogP contribution in [-0.2, 0) is 16.6 Å². The number of anilines is 1. The highest BCUT2D eigenvalue weighted by Gasteiger charge is 2.12. The third-order valence-electron chi connectivity index (χ3n) is 3.06. The molecule has 0 unspecified atom stereocenters. The Hall–Kier alpha value is -3.14. The zero-order valence-electron chi connectivity index (χ0n) is 13.1. The van der Waals surface area contributed by atoms with Gasteiger partial charge in [-0.3, -0.25) is 9.52 Å². The smallest absolute Gasteiger partial charge is 0.287 e. The van der Waals surface area contributed by atoms with Crippen molar-refractivity contribution in [2.45, 2.75) is 6.54 Å². The molecule has 2 aromatic heterocycles. The molecule has 0 bridgehead atoms. The summed E-state index contributed by atoms with van der Waals surface area (Å²) >= 11 is 0. The van der Waals surface area contributed by atoms with E-state index in [-0.39, 0.29) is 24.1 Å². The van der Waals surface area contributed by atoms with Crippen molar-refractivity contribution >= 4 is 21.6 Å². The highest BCUT2D eigenvalue weighted by atomic mass is 32.2. The molecular weight excluding hydrogens is 348 g/mol. The fourth-order valence-electron chi connectivity index (χ4n) is 2.00. The number of carbonyl (C=O) groups is 1. The molecule has 0 fully saturated rings. The average Bonchev–Trinajstić information content (AvgIpc) is 3.24. The van der Waals surface area contributed by atoms with Crippen LogP contribution in [0.3, 0.4) is 0 Å². The van der Waals surface area contributed by atoms with Gasteiger partial charge in [-0.25, -0.2) is 8.42 Å². The second-order valence-electron chi connectivity index (χ2n) is 5.12. The number of hydrogen-bond donors (Lipinski definition) is 2. The first-order valence-corrected chi connectivity index (χ1v) is 9.02. The van der Waals surface area contributed by atoms with Gasteiger partial charge in [0.25, 0.3) is 5.91 Å². The maximum Gasteiger partial charge on any atom is 0.287 e. The monoisotopic (exact) mass is 362 g/mol. The standard InChI is InChI=1S/C15H14N4O5S/c1-25(21,22)19-11-6-4-10(5-7-11)14-17-13(24-18-14)9-16-15(20)12-3-2-8-23-12/h2-8,19H,9H2,1H3,(H,16,20). The molecule has 3 aromatic rings. The molecule has 0 aliphatic carbocycles. The summed E-state index contributed by atoms with van der Waals surface area (Å²) in [4.78, 5) is 15.9. The number of benzene rings is 1. The molecule has 2 heterocycles. The van der Waals surface area contributed by atoms with Crippen LogP contribution in [0.25, 0.3) is 11.4 Å². The van der Waals surface area contributed by atoms with Gasteiger partial charge in [0, 0.05) is 11.3 Å². The normalized spacial score (nSPS) is 11.2. The maximum atomic E-state index is 11.8. The topological polar surface area (TPSA) is 127 Å².